The molecule has 0 aliphatic carbocycles. The van der Waals surface area contributed by atoms with E-state index in [1.807, 2.05) is 43.3 Å². The maximum absolute atomic E-state index is 14.0. The van der Waals surface area contributed by atoms with Crippen LogP contribution in [0.2, 0.25) is 0 Å². The van der Waals surface area contributed by atoms with E-state index in [9.17, 15) is 29.1 Å². The smallest absolute Gasteiger partial charge is 0.338 e. The number of nitrogens with one attached hydrogen (secondary N) is 2. The number of carbonyl (C=O) groups is 5. The first-order valence-electron chi connectivity index (χ1n) is 17.0. The van der Waals surface area contributed by atoms with Gasteiger partial charge in [0.2, 0.25) is 17.7 Å². The average Bonchev–Trinajstić information content (AvgIpc) is 3.63. The number of nitrogens with two attached hydrogens (primary N) is 1. The van der Waals surface area contributed by atoms with Crippen LogP contribution in [0, 0.1) is 0 Å². The molecule has 1 fully saturated rings. The minimum atomic E-state index is -1.10. The molecule has 0 spiro atoms. The van der Waals surface area contributed by atoms with Gasteiger partial charge < -0.3 is 35.8 Å². The summed E-state index contributed by atoms with van der Waals surface area (Å²) in [4.78, 5) is 66.5. The number of carbonyl (C=O) groups excluding carboxylic acids is 4. The number of amides is 3. The van der Waals surface area contributed by atoms with Crippen molar-refractivity contribution < 1.29 is 38.6 Å². The Bertz CT molecular complexity index is 1570. The molecular weight excluding hydrogens is 640 g/mol. The maximum Gasteiger partial charge on any atom is 0.338 e. The minimum absolute atomic E-state index is 0.0971. The van der Waals surface area contributed by atoms with Gasteiger partial charge >= 0.3 is 11.9 Å². The second-order valence-corrected chi connectivity index (χ2v) is 12.2. The predicted octanol–water partition coefficient (Wildman–Crippen LogP) is 3.27. The summed E-state index contributed by atoms with van der Waals surface area (Å²) >= 11 is 0. The lowest BCUT2D eigenvalue weighted by atomic mass is 10.0. The summed E-state index contributed by atoms with van der Waals surface area (Å²) in [5.41, 5.74) is 8.21. The van der Waals surface area contributed by atoms with Gasteiger partial charge in [0.1, 0.15) is 23.9 Å². The molecule has 5 N–H and O–H groups in total. The molecule has 0 bridgehead atoms. The van der Waals surface area contributed by atoms with Gasteiger partial charge in [-0.3, -0.25) is 14.4 Å². The van der Waals surface area contributed by atoms with Gasteiger partial charge in [0.25, 0.3) is 0 Å². The number of likely N-dealkylation sites (tertiary alicyclic amines) is 1. The molecule has 3 aromatic carbocycles. The quantitative estimate of drug-likeness (QED) is 0.116. The molecule has 12 heteroatoms. The van der Waals surface area contributed by atoms with Crippen molar-refractivity contribution >= 4 is 29.7 Å². The van der Waals surface area contributed by atoms with E-state index in [1.165, 1.54) is 4.90 Å². The number of hydrogen-bond donors (Lipinski definition) is 4. The standard InChI is InChI=1S/C38H46N4O8/c1-2-49-29-20-18-27(19-21-29)24-31(40-34(43)30(39)16-9-10-23-50-38(48)28-14-7-4-8-15-28)35(44)41-32(25-26-12-5-3-6-13-26)36(45)42-22-11-17-33(42)37(46)47/h3-8,12-15,18-21,30-33H,2,9-11,16-17,22-25,39H2,1H3,(H,40,43)(H,41,44)(H,46,47)/t30-,31-,32-,33+/m0/s1. The van der Waals surface area contributed by atoms with Crippen molar-refractivity contribution in [2.45, 2.75) is 76.0 Å². The van der Waals surface area contributed by atoms with Gasteiger partial charge in [-0.05, 0) is 74.4 Å². The fraction of sp³-hybridized carbons (Fsp3) is 0.395. The topological polar surface area (TPSA) is 177 Å². The third-order valence-electron chi connectivity index (χ3n) is 8.51. The van der Waals surface area contributed by atoms with Crippen molar-refractivity contribution in [1.29, 1.82) is 0 Å². The van der Waals surface area contributed by atoms with E-state index in [0.29, 0.717) is 43.6 Å². The van der Waals surface area contributed by atoms with Crippen molar-refractivity contribution in [2.24, 2.45) is 5.73 Å². The van der Waals surface area contributed by atoms with Crippen molar-refractivity contribution in [3.63, 3.8) is 0 Å². The Hall–Kier alpha value is -5.23. The first-order chi connectivity index (χ1) is 24.2. The largest absolute Gasteiger partial charge is 0.494 e. The van der Waals surface area contributed by atoms with E-state index in [4.69, 9.17) is 15.2 Å². The number of aliphatic carboxylic acids is 1. The van der Waals surface area contributed by atoms with E-state index < -0.39 is 53.8 Å². The average molecular weight is 687 g/mol. The molecule has 0 unspecified atom stereocenters. The Morgan fingerprint density at radius 2 is 1.46 bits per heavy atom. The Morgan fingerprint density at radius 3 is 2.12 bits per heavy atom. The molecule has 0 aromatic heterocycles. The summed E-state index contributed by atoms with van der Waals surface area (Å²) in [6.45, 7) is 2.80. The van der Waals surface area contributed by atoms with Crippen LogP contribution in [0.5, 0.6) is 5.75 Å². The lowest BCUT2D eigenvalue weighted by Gasteiger charge is -2.29. The van der Waals surface area contributed by atoms with Crippen LogP contribution in [-0.4, -0.2) is 83.6 Å². The van der Waals surface area contributed by atoms with Crippen LogP contribution in [0.4, 0.5) is 0 Å². The first kappa shape index (κ1) is 37.6. The molecule has 0 saturated carbocycles. The van der Waals surface area contributed by atoms with E-state index in [0.717, 1.165) is 11.1 Å². The molecule has 1 aliphatic heterocycles. The number of hydrogen-bond acceptors (Lipinski definition) is 8. The van der Waals surface area contributed by atoms with Gasteiger partial charge in [-0.15, -0.1) is 0 Å². The molecule has 3 aromatic rings. The van der Waals surface area contributed by atoms with Crippen LogP contribution in [0.25, 0.3) is 0 Å². The number of carboxylic acid groups (broad SMARTS) is 1. The van der Waals surface area contributed by atoms with Crippen LogP contribution in [0.15, 0.2) is 84.9 Å². The number of unbranched alkanes of at least 4 members (excludes halogenated alkanes) is 1. The highest BCUT2D eigenvalue weighted by molar-refractivity contribution is 5.94. The normalized spacial score (nSPS) is 15.7. The summed E-state index contributed by atoms with van der Waals surface area (Å²) < 4.78 is 10.8. The molecule has 3 amide bonds. The fourth-order valence-electron chi connectivity index (χ4n) is 5.84. The van der Waals surface area contributed by atoms with Crippen molar-refractivity contribution in [3.05, 3.63) is 102 Å². The summed E-state index contributed by atoms with van der Waals surface area (Å²) in [6, 6.07) is 20.8. The van der Waals surface area contributed by atoms with Gasteiger partial charge in [-0.25, -0.2) is 9.59 Å². The number of carboxylic acids is 1. The summed E-state index contributed by atoms with van der Waals surface area (Å²) in [5, 5.41) is 15.3. The van der Waals surface area contributed by atoms with Crippen molar-refractivity contribution in [2.75, 3.05) is 19.8 Å². The Balaban J connectivity index is 1.44. The number of rotatable bonds is 18. The van der Waals surface area contributed by atoms with E-state index in [2.05, 4.69) is 10.6 Å². The van der Waals surface area contributed by atoms with E-state index in [1.54, 1.807) is 48.5 Å². The molecule has 1 heterocycles. The van der Waals surface area contributed by atoms with Gasteiger partial charge in [0.15, 0.2) is 0 Å². The van der Waals surface area contributed by atoms with Gasteiger partial charge in [-0.1, -0.05) is 60.7 Å². The zero-order valence-electron chi connectivity index (χ0n) is 28.3. The summed E-state index contributed by atoms with van der Waals surface area (Å²) in [5.74, 6) is -2.51. The Kier molecular flexibility index (Phi) is 14.3. The van der Waals surface area contributed by atoms with Gasteiger partial charge in [-0.2, -0.15) is 0 Å². The molecule has 4 atom stereocenters. The number of ether oxygens (including phenoxy) is 2. The van der Waals surface area contributed by atoms with Crippen LogP contribution in [0.1, 0.15) is 60.5 Å². The van der Waals surface area contributed by atoms with Crippen molar-refractivity contribution in [3.8, 4) is 5.75 Å². The zero-order valence-corrected chi connectivity index (χ0v) is 28.3. The number of benzene rings is 3. The van der Waals surface area contributed by atoms with Crippen molar-refractivity contribution in [1.82, 2.24) is 15.5 Å². The molecule has 1 saturated heterocycles. The molecular formula is C38H46N4O8. The lowest BCUT2D eigenvalue weighted by molar-refractivity contribution is -0.149. The van der Waals surface area contributed by atoms with E-state index >= 15 is 0 Å². The van der Waals surface area contributed by atoms with E-state index in [-0.39, 0.29) is 32.4 Å². The third-order valence-corrected chi connectivity index (χ3v) is 8.51. The highest BCUT2D eigenvalue weighted by atomic mass is 16.5. The highest BCUT2D eigenvalue weighted by Crippen LogP contribution is 2.20. The lowest BCUT2D eigenvalue weighted by Crippen LogP contribution is -2.58. The van der Waals surface area contributed by atoms with Crippen LogP contribution >= 0.6 is 0 Å². The predicted molar refractivity (Wildman–Crippen MR) is 186 cm³/mol. The molecule has 12 nitrogen and oxygen atoms in total. The van der Waals surface area contributed by atoms with Crippen LogP contribution in [-0.2, 0) is 36.8 Å². The minimum Gasteiger partial charge on any atom is -0.494 e. The van der Waals surface area contributed by atoms with Gasteiger partial charge in [0, 0.05) is 19.4 Å². The fourth-order valence-corrected chi connectivity index (χ4v) is 5.84. The molecule has 266 valence electrons. The molecule has 1 aliphatic rings. The van der Waals surface area contributed by atoms with Gasteiger partial charge in [0.05, 0.1) is 24.8 Å². The van der Waals surface area contributed by atoms with Crippen LogP contribution < -0.4 is 21.1 Å². The maximum atomic E-state index is 14.0. The molecule has 50 heavy (non-hydrogen) atoms. The first-order valence-corrected chi connectivity index (χ1v) is 17.0. The Labute approximate surface area is 292 Å². The van der Waals surface area contributed by atoms with Crippen LogP contribution in [0.3, 0.4) is 0 Å². The Morgan fingerprint density at radius 1 is 0.840 bits per heavy atom. The third kappa shape index (κ3) is 11.2. The zero-order chi connectivity index (χ0) is 35.9. The SMILES string of the molecule is CCOc1ccc(C[C@H](NC(=O)[C@@H](N)CCCCOC(=O)c2ccccc2)C(=O)N[C@@H](Cc2ccccc2)C(=O)N2CCC[C@@H]2C(=O)O)cc1. The second-order valence-electron chi connectivity index (χ2n) is 12.2. The molecule has 0 radical (unpaired) electrons. The molecule has 4 rings (SSSR count). The number of esters is 1. The number of nitrogens with zero attached hydrogens (tertiary/aromatic N) is 1. The monoisotopic (exact) mass is 686 g/mol. The summed E-state index contributed by atoms with van der Waals surface area (Å²) in [6.07, 6.45) is 2.38. The second kappa shape index (κ2) is 19.1. The highest BCUT2D eigenvalue weighted by Gasteiger charge is 2.38. The summed E-state index contributed by atoms with van der Waals surface area (Å²) in [7, 11) is 0.